The van der Waals surface area contributed by atoms with Crippen LogP contribution in [0.4, 0.5) is 5.69 Å². The molecule has 0 unspecified atom stereocenters. The Balaban J connectivity index is 1.90. The highest BCUT2D eigenvalue weighted by atomic mass is 79.9. The highest BCUT2D eigenvalue weighted by molar-refractivity contribution is 9.10. The molecule has 1 amide bonds. The van der Waals surface area contributed by atoms with E-state index in [1.807, 2.05) is 6.07 Å². The molecule has 0 aromatic heterocycles. The number of halogens is 2. The third-order valence-corrected chi connectivity index (χ3v) is 3.65. The molecule has 1 aliphatic rings. The average molecular weight is 334 g/mol. The Morgan fingerprint density at radius 3 is 2.89 bits per heavy atom. The molecule has 1 heterocycles. The van der Waals surface area contributed by atoms with E-state index in [9.17, 15) is 4.79 Å². The molecule has 0 aliphatic carbocycles. The second-order valence-corrected chi connectivity index (χ2v) is 5.26. The van der Waals surface area contributed by atoms with E-state index in [2.05, 4.69) is 21.2 Å². The van der Waals surface area contributed by atoms with Gasteiger partial charge >= 0.3 is 0 Å². The van der Waals surface area contributed by atoms with Crippen molar-refractivity contribution in [1.29, 1.82) is 0 Å². The number of ether oxygens (including phenoxy) is 1. The number of carbonyl (C=O) groups is 1. The summed E-state index contributed by atoms with van der Waals surface area (Å²) in [5, 5.41) is 3.73. The van der Waals surface area contributed by atoms with Gasteiger partial charge in [0.05, 0.1) is 25.4 Å². The van der Waals surface area contributed by atoms with Crippen LogP contribution in [0.2, 0.25) is 5.02 Å². The monoisotopic (exact) mass is 332 g/mol. The number of rotatable bonds is 3. The number of nitrogens with zero attached hydrogens (tertiary/aromatic N) is 1. The second kappa shape index (κ2) is 6.41. The van der Waals surface area contributed by atoms with Crippen molar-refractivity contribution in [3.05, 3.63) is 27.7 Å². The van der Waals surface area contributed by atoms with Crippen molar-refractivity contribution in [3.63, 3.8) is 0 Å². The standard InChI is InChI=1S/C12H14BrClN2O2/c13-10-2-1-9(14)7-11(10)15-8-12(17)16-3-5-18-6-4-16/h1-2,7,15H,3-6,8H2. The van der Waals surface area contributed by atoms with Crippen LogP contribution in [0.5, 0.6) is 0 Å². The minimum absolute atomic E-state index is 0.0742. The highest BCUT2D eigenvalue weighted by Gasteiger charge is 2.16. The Kier molecular flexibility index (Phi) is 4.86. The van der Waals surface area contributed by atoms with Crippen molar-refractivity contribution in [2.24, 2.45) is 0 Å². The Morgan fingerprint density at radius 2 is 2.17 bits per heavy atom. The number of amides is 1. The maximum absolute atomic E-state index is 11.9. The Morgan fingerprint density at radius 1 is 1.44 bits per heavy atom. The second-order valence-electron chi connectivity index (χ2n) is 3.97. The lowest BCUT2D eigenvalue weighted by atomic mass is 10.3. The van der Waals surface area contributed by atoms with Gasteiger partial charge in [0.15, 0.2) is 0 Å². The van der Waals surface area contributed by atoms with Gasteiger partial charge in [-0.3, -0.25) is 4.79 Å². The van der Waals surface area contributed by atoms with Crippen molar-refractivity contribution in [2.45, 2.75) is 0 Å². The van der Waals surface area contributed by atoms with Gasteiger partial charge in [-0.2, -0.15) is 0 Å². The summed E-state index contributed by atoms with van der Waals surface area (Å²) >= 11 is 9.32. The van der Waals surface area contributed by atoms with Gasteiger partial charge in [0.2, 0.25) is 5.91 Å². The molecule has 98 valence electrons. The van der Waals surface area contributed by atoms with Gasteiger partial charge in [0.1, 0.15) is 0 Å². The lowest BCUT2D eigenvalue weighted by Gasteiger charge is -2.27. The number of carbonyl (C=O) groups excluding carboxylic acids is 1. The van der Waals surface area contributed by atoms with Crippen LogP contribution >= 0.6 is 27.5 Å². The lowest BCUT2D eigenvalue weighted by molar-refractivity contribution is -0.133. The molecular weight excluding hydrogens is 320 g/mol. The molecule has 0 atom stereocenters. The molecule has 0 saturated carbocycles. The van der Waals surface area contributed by atoms with Crippen LogP contribution in [0.1, 0.15) is 0 Å². The van der Waals surface area contributed by atoms with E-state index in [-0.39, 0.29) is 12.5 Å². The highest BCUT2D eigenvalue weighted by Crippen LogP contribution is 2.25. The molecule has 1 fully saturated rings. The number of nitrogens with one attached hydrogen (secondary N) is 1. The van der Waals surface area contributed by atoms with Crippen LogP contribution in [-0.2, 0) is 9.53 Å². The van der Waals surface area contributed by atoms with Crippen LogP contribution in [0.25, 0.3) is 0 Å². The Labute approximate surface area is 119 Å². The number of hydrogen-bond donors (Lipinski definition) is 1. The summed E-state index contributed by atoms with van der Waals surface area (Å²) in [6.45, 7) is 2.83. The maximum Gasteiger partial charge on any atom is 0.242 e. The summed E-state index contributed by atoms with van der Waals surface area (Å²) in [6, 6.07) is 5.43. The van der Waals surface area contributed by atoms with E-state index in [1.165, 1.54) is 0 Å². The van der Waals surface area contributed by atoms with Crippen molar-refractivity contribution < 1.29 is 9.53 Å². The predicted molar refractivity (Wildman–Crippen MR) is 75.0 cm³/mol. The van der Waals surface area contributed by atoms with Crippen LogP contribution in [0.3, 0.4) is 0 Å². The lowest BCUT2D eigenvalue weighted by Crippen LogP contribution is -2.43. The first-order valence-corrected chi connectivity index (χ1v) is 6.88. The first-order chi connectivity index (χ1) is 8.66. The van der Waals surface area contributed by atoms with Crippen LogP contribution in [0.15, 0.2) is 22.7 Å². The average Bonchev–Trinajstić information content (AvgIpc) is 2.40. The Hall–Kier alpha value is -0.780. The normalized spacial score (nSPS) is 15.6. The molecule has 1 aromatic carbocycles. The van der Waals surface area contributed by atoms with Gasteiger partial charge in [-0.25, -0.2) is 0 Å². The summed E-state index contributed by atoms with van der Waals surface area (Å²) in [5.74, 6) is 0.0742. The summed E-state index contributed by atoms with van der Waals surface area (Å²) in [7, 11) is 0. The smallest absolute Gasteiger partial charge is 0.242 e. The van der Waals surface area contributed by atoms with E-state index in [4.69, 9.17) is 16.3 Å². The molecule has 18 heavy (non-hydrogen) atoms. The van der Waals surface area contributed by atoms with E-state index >= 15 is 0 Å². The zero-order chi connectivity index (χ0) is 13.0. The summed E-state index contributed by atoms with van der Waals surface area (Å²) in [6.07, 6.45) is 0. The van der Waals surface area contributed by atoms with Crippen molar-refractivity contribution in [1.82, 2.24) is 4.90 Å². The maximum atomic E-state index is 11.9. The number of hydrogen-bond acceptors (Lipinski definition) is 3. The number of morpholine rings is 1. The third-order valence-electron chi connectivity index (χ3n) is 2.72. The molecule has 0 radical (unpaired) electrons. The van der Waals surface area contributed by atoms with E-state index in [1.54, 1.807) is 17.0 Å². The predicted octanol–water partition coefficient (Wildman–Crippen LogP) is 2.37. The van der Waals surface area contributed by atoms with Crippen LogP contribution in [-0.4, -0.2) is 43.7 Å². The molecule has 2 rings (SSSR count). The van der Waals surface area contributed by atoms with Gasteiger partial charge in [-0.1, -0.05) is 11.6 Å². The molecule has 4 nitrogen and oxygen atoms in total. The molecule has 0 spiro atoms. The minimum atomic E-state index is 0.0742. The fraction of sp³-hybridized carbons (Fsp3) is 0.417. The largest absolute Gasteiger partial charge is 0.378 e. The number of benzene rings is 1. The fourth-order valence-electron chi connectivity index (χ4n) is 1.73. The van der Waals surface area contributed by atoms with Gasteiger partial charge in [-0.15, -0.1) is 0 Å². The van der Waals surface area contributed by atoms with E-state index < -0.39 is 0 Å². The number of anilines is 1. The minimum Gasteiger partial charge on any atom is -0.378 e. The summed E-state index contributed by atoms with van der Waals surface area (Å²) in [5.41, 5.74) is 0.823. The van der Waals surface area contributed by atoms with Crippen molar-refractivity contribution >= 4 is 39.1 Å². The topological polar surface area (TPSA) is 41.6 Å². The summed E-state index contributed by atoms with van der Waals surface area (Å²) < 4.78 is 6.10. The van der Waals surface area contributed by atoms with Crippen LogP contribution in [0, 0.1) is 0 Å². The molecule has 1 aliphatic heterocycles. The molecule has 0 bridgehead atoms. The van der Waals surface area contributed by atoms with Crippen molar-refractivity contribution in [3.8, 4) is 0 Å². The van der Waals surface area contributed by atoms with Gasteiger partial charge < -0.3 is 15.0 Å². The third kappa shape index (κ3) is 3.60. The molecule has 1 N–H and O–H groups in total. The van der Waals surface area contributed by atoms with Gasteiger partial charge in [-0.05, 0) is 34.1 Å². The summed E-state index contributed by atoms with van der Waals surface area (Å²) in [4.78, 5) is 13.7. The zero-order valence-electron chi connectivity index (χ0n) is 9.79. The van der Waals surface area contributed by atoms with E-state index in [0.29, 0.717) is 31.3 Å². The molecule has 1 saturated heterocycles. The quantitative estimate of drug-likeness (QED) is 0.923. The van der Waals surface area contributed by atoms with Gasteiger partial charge in [0, 0.05) is 22.6 Å². The Bertz CT molecular complexity index is 436. The zero-order valence-corrected chi connectivity index (χ0v) is 12.1. The fourth-order valence-corrected chi connectivity index (χ4v) is 2.29. The SMILES string of the molecule is O=C(CNc1cc(Cl)ccc1Br)N1CCOCC1. The van der Waals surface area contributed by atoms with Gasteiger partial charge in [0.25, 0.3) is 0 Å². The molecule has 6 heteroatoms. The first-order valence-electron chi connectivity index (χ1n) is 5.71. The van der Waals surface area contributed by atoms with E-state index in [0.717, 1.165) is 10.2 Å². The first kappa shape index (κ1) is 13.6. The van der Waals surface area contributed by atoms with Crippen molar-refractivity contribution in [2.75, 3.05) is 38.2 Å². The molecule has 1 aromatic rings. The van der Waals surface area contributed by atoms with Crippen LogP contribution < -0.4 is 5.32 Å². The molecular formula is C12H14BrClN2O2.